The van der Waals surface area contributed by atoms with Gasteiger partial charge in [0.2, 0.25) is 10.0 Å². The van der Waals surface area contributed by atoms with Gasteiger partial charge in [-0.1, -0.05) is 12.1 Å². The van der Waals surface area contributed by atoms with Crippen molar-refractivity contribution in [2.75, 3.05) is 6.54 Å². The van der Waals surface area contributed by atoms with Gasteiger partial charge in [-0.2, -0.15) is 4.31 Å². The average molecular weight is 307 g/mol. The summed E-state index contributed by atoms with van der Waals surface area (Å²) in [7, 11) is -3.55. The fraction of sp³-hybridized carbons (Fsp3) is 0.385. The van der Waals surface area contributed by atoms with Crippen LogP contribution in [0.5, 0.6) is 0 Å². The van der Waals surface area contributed by atoms with E-state index in [0.717, 1.165) is 5.56 Å². The average Bonchev–Trinajstić information content (AvgIpc) is 2.94. The van der Waals surface area contributed by atoms with Crippen molar-refractivity contribution in [2.24, 2.45) is 5.73 Å². The molecular weight excluding hydrogens is 290 g/mol. The molecule has 0 unspecified atom stereocenters. The Hall–Kier alpha value is -1.77. The standard InChI is InChI=1S/C13H17N5O2S/c1-10-11(7-14)3-2-4-12(10)21(19,20)18-6-5-17-9-15-16-13(17)8-18/h2-4,9H,5-8,14H2,1H3. The minimum absolute atomic E-state index is 0.245. The predicted octanol–water partition coefficient (Wildman–Crippen LogP) is 0.250. The van der Waals surface area contributed by atoms with E-state index in [-0.39, 0.29) is 6.54 Å². The van der Waals surface area contributed by atoms with Crippen LogP contribution < -0.4 is 5.73 Å². The third-order valence-corrected chi connectivity index (χ3v) is 5.83. The summed E-state index contributed by atoms with van der Waals surface area (Å²) in [4.78, 5) is 0.318. The molecule has 7 nitrogen and oxygen atoms in total. The van der Waals surface area contributed by atoms with Crippen LogP contribution in [0.1, 0.15) is 17.0 Å². The first-order valence-electron chi connectivity index (χ1n) is 6.69. The van der Waals surface area contributed by atoms with E-state index in [4.69, 9.17) is 5.73 Å². The molecule has 0 amide bonds. The number of benzene rings is 1. The van der Waals surface area contributed by atoms with Gasteiger partial charge in [0.1, 0.15) is 12.2 Å². The first-order chi connectivity index (χ1) is 10.0. The van der Waals surface area contributed by atoms with E-state index in [1.165, 1.54) is 4.31 Å². The lowest BCUT2D eigenvalue weighted by Crippen LogP contribution is -2.38. The van der Waals surface area contributed by atoms with Crippen molar-refractivity contribution in [3.63, 3.8) is 0 Å². The van der Waals surface area contributed by atoms with Crippen molar-refractivity contribution in [3.05, 3.63) is 41.5 Å². The van der Waals surface area contributed by atoms with Gasteiger partial charge in [0.05, 0.1) is 11.4 Å². The van der Waals surface area contributed by atoms with Gasteiger partial charge < -0.3 is 10.3 Å². The van der Waals surface area contributed by atoms with Crippen LogP contribution in [0.15, 0.2) is 29.4 Å². The van der Waals surface area contributed by atoms with Gasteiger partial charge in [0.15, 0.2) is 0 Å². The van der Waals surface area contributed by atoms with Crippen LogP contribution in [0.25, 0.3) is 0 Å². The molecular formula is C13H17N5O2S. The SMILES string of the molecule is Cc1c(CN)cccc1S(=O)(=O)N1CCn2cnnc2C1. The topological polar surface area (TPSA) is 94.1 Å². The second-order valence-electron chi connectivity index (χ2n) is 5.02. The van der Waals surface area contributed by atoms with Crippen molar-refractivity contribution in [3.8, 4) is 0 Å². The first kappa shape index (κ1) is 14.2. The molecule has 2 aromatic rings. The molecule has 1 aromatic carbocycles. The number of hydrogen-bond donors (Lipinski definition) is 1. The Morgan fingerprint density at radius 3 is 2.90 bits per heavy atom. The summed E-state index contributed by atoms with van der Waals surface area (Å²) < 4.78 is 29.0. The molecule has 8 heteroatoms. The summed E-state index contributed by atoms with van der Waals surface area (Å²) in [6, 6.07) is 5.21. The molecule has 0 spiro atoms. The van der Waals surface area contributed by atoms with Crippen molar-refractivity contribution in [1.82, 2.24) is 19.1 Å². The van der Waals surface area contributed by atoms with E-state index in [0.29, 0.717) is 35.9 Å². The van der Waals surface area contributed by atoms with Crippen LogP contribution in [-0.4, -0.2) is 34.0 Å². The summed E-state index contributed by atoms with van der Waals surface area (Å²) >= 11 is 0. The summed E-state index contributed by atoms with van der Waals surface area (Å²) in [5, 5.41) is 7.77. The van der Waals surface area contributed by atoms with Crippen molar-refractivity contribution < 1.29 is 8.42 Å². The maximum Gasteiger partial charge on any atom is 0.243 e. The number of fused-ring (bicyclic) bond motifs is 1. The second-order valence-corrected chi connectivity index (χ2v) is 6.93. The van der Waals surface area contributed by atoms with Crippen LogP contribution in [0.4, 0.5) is 0 Å². The molecule has 0 saturated carbocycles. The Morgan fingerprint density at radius 1 is 1.33 bits per heavy atom. The highest BCUT2D eigenvalue weighted by Gasteiger charge is 2.30. The van der Waals surface area contributed by atoms with Crippen LogP contribution in [0.2, 0.25) is 0 Å². The summed E-state index contributed by atoms with van der Waals surface area (Å²) in [5.74, 6) is 0.664. The maximum absolute atomic E-state index is 12.8. The number of aromatic nitrogens is 3. The van der Waals surface area contributed by atoms with Gasteiger partial charge in [-0.05, 0) is 24.1 Å². The Morgan fingerprint density at radius 2 is 2.14 bits per heavy atom. The van der Waals surface area contributed by atoms with E-state index < -0.39 is 10.0 Å². The van der Waals surface area contributed by atoms with Gasteiger partial charge in [-0.25, -0.2) is 8.42 Å². The Kier molecular flexibility index (Phi) is 3.52. The number of rotatable bonds is 3. The Bertz CT molecular complexity index is 769. The largest absolute Gasteiger partial charge is 0.326 e. The van der Waals surface area contributed by atoms with Gasteiger partial charge in [0.25, 0.3) is 0 Å². The summed E-state index contributed by atoms with van der Waals surface area (Å²) in [6.45, 7) is 3.34. The first-order valence-corrected chi connectivity index (χ1v) is 8.13. The predicted molar refractivity (Wildman–Crippen MR) is 76.7 cm³/mol. The molecule has 0 atom stereocenters. The maximum atomic E-state index is 12.8. The molecule has 0 radical (unpaired) electrons. The zero-order valence-corrected chi connectivity index (χ0v) is 12.5. The number of sulfonamides is 1. The molecule has 21 heavy (non-hydrogen) atoms. The lowest BCUT2D eigenvalue weighted by Gasteiger charge is -2.27. The van der Waals surface area contributed by atoms with Crippen LogP contribution in [0.3, 0.4) is 0 Å². The molecule has 0 aliphatic carbocycles. The molecule has 1 aromatic heterocycles. The van der Waals surface area contributed by atoms with Crippen LogP contribution >= 0.6 is 0 Å². The van der Waals surface area contributed by atoms with E-state index in [2.05, 4.69) is 10.2 Å². The summed E-state index contributed by atoms with van der Waals surface area (Å²) in [6.07, 6.45) is 1.62. The Labute approximate surface area is 123 Å². The molecule has 1 aliphatic heterocycles. The molecule has 2 N–H and O–H groups in total. The number of nitrogens with zero attached hydrogens (tertiary/aromatic N) is 4. The number of nitrogens with two attached hydrogens (primary N) is 1. The van der Waals surface area contributed by atoms with Crippen LogP contribution in [-0.2, 0) is 29.7 Å². The van der Waals surface area contributed by atoms with E-state index in [1.54, 1.807) is 25.4 Å². The Balaban J connectivity index is 1.99. The molecule has 1 aliphatic rings. The third-order valence-electron chi connectivity index (χ3n) is 3.84. The molecule has 2 heterocycles. The van der Waals surface area contributed by atoms with Gasteiger partial charge in [-0.15, -0.1) is 10.2 Å². The number of hydrogen-bond acceptors (Lipinski definition) is 5. The normalized spacial score (nSPS) is 15.9. The van der Waals surface area contributed by atoms with Crippen molar-refractivity contribution >= 4 is 10.0 Å². The molecule has 0 saturated heterocycles. The van der Waals surface area contributed by atoms with Crippen LogP contribution in [0, 0.1) is 6.92 Å². The zero-order valence-electron chi connectivity index (χ0n) is 11.7. The smallest absolute Gasteiger partial charge is 0.243 e. The highest BCUT2D eigenvalue weighted by molar-refractivity contribution is 7.89. The lowest BCUT2D eigenvalue weighted by atomic mass is 10.1. The third kappa shape index (κ3) is 2.35. The molecule has 0 fully saturated rings. The van der Waals surface area contributed by atoms with E-state index in [1.807, 2.05) is 10.6 Å². The molecule has 0 bridgehead atoms. The summed E-state index contributed by atoms with van der Waals surface area (Å²) in [5.41, 5.74) is 7.22. The quantitative estimate of drug-likeness (QED) is 0.877. The highest BCUT2D eigenvalue weighted by atomic mass is 32.2. The van der Waals surface area contributed by atoms with Crippen molar-refractivity contribution in [2.45, 2.75) is 31.5 Å². The van der Waals surface area contributed by atoms with Gasteiger partial charge in [0, 0.05) is 19.6 Å². The fourth-order valence-corrected chi connectivity index (χ4v) is 4.20. The molecule has 112 valence electrons. The van der Waals surface area contributed by atoms with Gasteiger partial charge in [-0.3, -0.25) is 0 Å². The lowest BCUT2D eigenvalue weighted by molar-refractivity contribution is 0.335. The monoisotopic (exact) mass is 307 g/mol. The minimum Gasteiger partial charge on any atom is -0.326 e. The highest BCUT2D eigenvalue weighted by Crippen LogP contribution is 2.25. The second kappa shape index (κ2) is 5.21. The van der Waals surface area contributed by atoms with Crippen molar-refractivity contribution in [1.29, 1.82) is 0 Å². The fourth-order valence-electron chi connectivity index (χ4n) is 2.55. The van der Waals surface area contributed by atoms with E-state index in [9.17, 15) is 8.42 Å². The zero-order chi connectivity index (χ0) is 15.0. The molecule has 3 rings (SSSR count). The van der Waals surface area contributed by atoms with E-state index >= 15 is 0 Å². The minimum atomic E-state index is -3.55. The van der Waals surface area contributed by atoms with Gasteiger partial charge >= 0.3 is 0 Å².